The van der Waals surface area contributed by atoms with E-state index in [0.717, 1.165) is 61.4 Å². The summed E-state index contributed by atoms with van der Waals surface area (Å²) in [5.41, 5.74) is 2.51. The molecular weight excluding hydrogens is 483 g/mol. The van der Waals surface area contributed by atoms with Gasteiger partial charge in [-0.2, -0.15) is 5.10 Å². The van der Waals surface area contributed by atoms with Gasteiger partial charge in [0.25, 0.3) is 11.5 Å². The van der Waals surface area contributed by atoms with Crippen LogP contribution in [0.5, 0.6) is 0 Å². The van der Waals surface area contributed by atoms with Crippen LogP contribution in [-0.2, 0) is 19.4 Å². The van der Waals surface area contributed by atoms with Crippen LogP contribution in [0.25, 0.3) is 10.8 Å². The number of carbonyl (C=O) groups is 1. The number of nitrogens with zero attached hydrogens (tertiary/aromatic N) is 4. The van der Waals surface area contributed by atoms with E-state index in [9.17, 15) is 14.0 Å². The summed E-state index contributed by atoms with van der Waals surface area (Å²) >= 11 is 0. The van der Waals surface area contributed by atoms with Crippen molar-refractivity contribution in [3.8, 4) is 0 Å². The number of likely N-dealkylation sites (tertiary alicyclic amines) is 2. The highest BCUT2D eigenvalue weighted by Crippen LogP contribution is 2.41. The van der Waals surface area contributed by atoms with Crippen molar-refractivity contribution >= 4 is 16.7 Å². The largest absolute Gasteiger partial charge is 0.345 e. The molecule has 2 fully saturated rings. The van der Waals surface area contributed by atoms with Gasteiger partial charge in [-0.3, -0.25) is 14.5 Å². The first kappa shape index (κ1) is 24.5. The topological polar surface area (TPSA) is 98.0 Å². The Balaban J connectivity index is 1.08. The van der Waals surface area contributed by atoms with Crippen molar-refractivity contribution in [1.82, 2.24) is 30.0 Å². The van der Waals surface area contributed by atoms with E-state index in [2.05, 4.69) is 32.0 Å². The quantitative estimate of drug-likeness (QED) is 0.374. The molecule has 0 bridgehead atoms. The molecule has 2 aliphatic heterocycles. The third-order valence-corrected chi connectivity index (χ3v) is 7.71. The van der Waals surface area contributed by atoms with Crippen molar-refractivity contribution < 1.29 is 9.18 Å². The third-order valence-electron chi connectivity index (χ3n) is 7.71. The van der Waals surface area contributed by atoms with Gasteiger partial charge in [0.1, 0.15) is 11.6 Å². The van der Waals surface area contributed by atoms with Crippen molar-refractivity contribution in [2.75, 3.05) is 26.2 Å². The zero-order valence-corrected chi connectivity index (χ0v) is 21.5. The molecule has 2 aromatic carbocycles. The summed E-state index contributed by atoms with van der Waals surface area (Å²) in [5, 5.41) is 8.05. The average Bonchev–Trinajstić information content (AvgIpc) is 3.33. The maximum Gasteiger partial charge on any atom is 0.272 e. The number of amides is 1. The Morgan fingerprint density at radius 2 is 1.89 bits per heavy atom. The molecule has 8 nitrogen and oxygen atoms in total. The minimum absolute atomic E-state index is 0.0827. The van der Waals surface area contributed by atoms with Crippen LogP contribution in [-0.4, -0.2) is 62.1 Å². The summed E-state index contributed by atoms with van der Waals surface area (Å²) in [6, 6.07) is 11.9. The van der Waals surface area contributed by atoms with E-state index in [1.165, 1.54) is 6.07 Å². The number of rotatable bonds is 8. The van der Waals surface area contributed by atoms with Gasteiger partial charge in [-0.25, -0.2) is 14.5 Å². The molecule has 4 heterocycles. The Morgan fingerprint density at radius 3 is 2.68 bits per heavy atom. The Kier molecular flexibility index (Phi) is 6.31. The molecule has 0 unspecified atom stereocenters. The van der Waals surface area contributed by atoms with Gasteiger partial charge in [0.2, 0.25) is 0 Å². The van der Waals surface area contributed by atoms with Gasteiger partial charge in [0.15, 0.2) is 0 Å². The number of carbonyl (C=O) groups excluding carboxylic acids is 1. The second-order valence-corrected chi connectivity index (χ2v) is 10.8. The average molecular weight is 515 g/mol. The number of imidazole rings is 1. The van der Waals surface area contributed by atoms with Gasteiger partial charge in [0, 0.05) is 68.3 Å². The Bertz CT molecular complexity index is 1550. The van der Waals surface area contributed by atoms with Crippen LogP contribution in [0, 0.1) is 11.2 Å². The highest BCUT2D eigenvalue weighted by molar-refractivity contribution is 5.95. The molecule has 0 aliphatic carbocycles. The lowest BCUT2D eigenvalue weighted by atomic mass is 9.72. The number of fused-ring (bicyclic) bond motifs is 1. The number of aromatic amines is 2. The van der Waals surface area contributed by atoms with E-state index in [1.54, 1.807) is 29.2 Å². The van der Waals surface area contributed by atoms with Crippen molar-refractivity contribution in [1.29, 1.82) is 0 Å². The number of halogens is 1. The van der Waals surface area contributed by atoms with Crippen molar-refractivity contribution in [3.05, 3.63) is 93.2 Å². The molecule has 196 valence electrons. The second-order valence-electron chi connectivity index (χ2n) is 10.8. The predicted octanol–water partition coefficient (Wildman–Crippen LogP) is 3.68. The summed E-state index contributed by atoms with van der Waals surface area (Å²) in [6.07, 6.45) is 5.57. The lowest BCUT2D eigenvalue weighted by Gasteiger charge is -2.60. The second kappa shape index (κ2) is 9.79. The molecule has 4 aromatic rings. The molecule has 2 aromatic heterocycles. The SMILES string of the molecule is CCCCc1ncc(CN2CC3(C2)CN(C(=O)c2cc(Cc4n[nH]c(=O)c5ccccc45)ccc2F)C3)[nH]1. The number of aryl methyl sites for hydroxylation is 1. The Labute approximate surface area is 219 Å². The standard InChI is InChI=1S/C29H31FN6O2/c1-2-3-8-26-31-13-20(32-26)14-35-15-29(16-35)17-36(18-29)28(38)23-11-19(9-10-24(23)30)12-25-21-6-4-5-7-22(21)27(37)34-33-25/h4-7,9-11,13H,2-3,8,12,14-18H2,1H3,(H,31,32)(H,34,37). The van der Waals surface area contributed by atoms with Gasteiger partial charge >= 0.3 is 0 Å². The molecule has 38 heavy (non-hydrogen) atoms. The summed E-state index contributed by atoms with van der Waals surface area (Å²) in [5.74, 6) is 0.250. The fraction of sp³-hybridized carbons (Fsp3) is 0.379. The van der Waals surface area contributed by atoms with Crippen LogP contribution >= 0.6 is 0 Å². The van der Waals surface area contributed by atoms with E-state index >= 15 is 0 Å². The molecule has 9 heteroatoms. The normalized spacial score (nSPS) is 16.5. The smallest absolute Gasteiger partial charge is 0.272 e. The van der Waals surface area contributed by atoms with E-state index in [4.69, 9.17) is 0 Å². The summed E-state index contributed by atoms with van der Waals surface area (Å²) in [4.78, 5) is 37.3. The van der Waals surface area contributed by atoms with Gasteiger partial charge in [-0.05, 0) is 30.2 Å². The molecule has 0 atom stereocenters. The third kappa shape index (κ3) is 4.62. The number of nitrogens with one attached hydrogen (secondary N) is 2. The summed E-state index contributed by atoms with van der Waals surface area (Å²) < 4.78 is 14.7. The van der Waals surface area contributed by atoms with E-state index in [1.807, 2.05) is 18.3 Å². The molecule has 1 amide bonds. The van der Waals surface area contributed by atoms with Crippen LogP contribution < -0.4 is 5.56 Å². The highest BCUT2D eigenvalue weighted by atomic mass is 19.1. The van der Waals surface area contributed by atoms with E-state index in [-0.39, 0.29) is 22.4 Å². The maximum atomic E-state index is 14.7. The monoisotopic (exact) mass is 514 g/mol. The molecule has 2 aliphatic rings. The first-order valence-electron chi connectivity index (χ1n) is 13.2. The molecule has 2 N–H and O–H groups in total. The van der Waals surface area contributed by atoms with Crippen molar-refractivity contribution in [2.45, 2.75) is 39.2 Å². The molecule has 6 rings (SSSR count). The maximum absolute atomic E-state index is 14.7. The number of benzene rings is 2. The lowest BCUT2D eigenvalue weighted by molar-refractivity contribution is -0.102. The minimum atomic E-state index is -0.521. The zero-order chi connectivity index (χ0) is 26.3. The van der Waals surface area contributed by atoms with Gasteiger partial charge in [0.05, 0.1) is 16.6 Å². The number of hydrogen-bond donors (Lipinski definition) is 2. The van der Waals surface area contributed by atoms with Crippen LogP contribution in [0.15, 0.2) is 53.5 Å². The number of hydrogen-bond acceptors (Lipinski definition) is 5. The Morgan fingerprint density at radius 1 is 1.11 bits per heavy atom. The van der Waals surface area contributed by atoms with Gasteiger partial charge < -0.3 is 9.88 Å². The minimum Gasteiger partial charge on any atom is -0.345 e. The molecule has 1 spiro atoms. The van der Waals surface area contributed by atoms with Crippen LogP contribution in [0.2, 0.25) is 0 Å². The highest BCUT2D eigenvalue weighted by Gasteiger charge is 2.53. The fourth-order valence-electron chi connectivity index (χ4n) is 5.84. The first-order valence-corrected chi connectivity index (χ1v) is 13.2. The molecule has 0 radical (unpaired) electrons. The zero-order valence-electron chi connectivity index (χ0n) is 21.5. The fourth-order valence-corrected chi connectivity index (χ4v) is 5.84. The van der Waals surface area contributed by atoms with Crippen LogP contribution in [0.4, 0.5) is 4.39 Å². The summed E-state index contributed by atoms with van der Waals surface area (Å²) in [6.45, 7) is 6.14. The first-order chi connectivity index (χ1) is 18.4. The predicted molar refractivity (Wildman–Crippen MR) is 142 cm³/mol. The number of unbranched alkanes of at least 4 members (excludes halogenated alkanes) is 1. The van der Waals surface area contributed by atoms with E-state index in [0.29, 0.717) is 30.6 Å². The van der Waals surface area contributed by atoms with Crippen molar-refractivity contribution in [3.63, 3.8) is 0 Å². The number of H-pyrrole nitrogens is 2. The lowest BCUT2D eigenvalue weighted by Crippen LogP contribution is -2.72. The van der Waals surface area contributed by atoms with Crippen LogP contribution in [0.1, 0.15) is 52.9 Å². The van der Waals surface area contributed by atoms with E-state index < -0.39 is 5.82 Å². The van der Waals surface area contributed by atoms with Gasteiger partial charge in [-0.1, -0.05) is 37.6 Å². The number of aromatic nitrogens is 4. The molecular formula is C29H31FN6O2. The van der Waals surface area contributed by atoms with Gasteiger partial charge in [-0.15, -0.1) is 0 Å². The van der Waals surface area contributed by atoms with Crippen LogP contribution in [0.3, 0.4) is 0 Å². The van der Waals surface area contributed by atoms with Crippen molar-refractivity contribution in [2.24, 2.45) is 5.41 Å². The summed E-state index contributed by atoms with van der Waals surface area (Å²) in [7, 11) is 0. The Hall–Kier alpha value is -3.85. The molecule has 0 saturated carbocycles. The molecule has 2 saturated heterocycles.